The van der Waals surface area contributed by atoms with Crippen LogP contribution in [0.1, 0.15) is 20.3 Å². The quantitative estimate of drug-likeness (QED) is 0.374. The molecule has 1 saturated heterocycles. The van der Waals surface area contributed by atoms with Crippen molar-refractivity contribution in [1.82, 2.24) is 4.67 Å². The van der Waals surface area contributed by atoms with Crippen molar-refractivity contribution < 1.29 is 4.57 Å². The van der Waals surface area contributed by atoms with E-state index in [2.05, 4.69) is 11.2 Å². The zero-order valence-electron chi connectivity index (χ0n) is 7.99. The van der Waals surface area contributed by atoms with Crippen LogP contribution in [0.3, 0.4) is 0 Å². The van der Waals surface area contributed by atoms with E-state index in [-0.39, 0.29) is 0 Å². The molecule has 3 heteroatoms. The first-order valence-corrected chi connectivity index (χ1v) is 6.67. The maximum Gasteiger partial charge on any atom is 0.150 e. The van der Waals surface area contributed by atoms with Crippen LogP contribution in [0.4, 0.5) is 0 Å². The first kappa shape index (κ1) is 10.0. The van der Waals surface area contributed by atoms with Crippen LogP contribution >= 0.6 is 7.29 Å². The van der Waals surface area contributed by atoms with Gasteiger partial charge in [0.1, 0.15) is 7.29 Å². The minimum Gasteiger partial charge on any atom is -0.307 e. The Morgan fingerprint density at radius 3 is 2.58 bits per heavy atom. The van der Waals surface area contributed by atoms with Gasteiger partial charge in [0.15, 0.2) is 0 Å². The molecular weight excluding hydrogens is 169 g/mol. The molecule has 0 radical (unpaired) electrons. The smallest absolute Gasteiger partial charge is 0.150 e. The molecule has 1 fully saturated rings. The van der Waals surface area contributed by atoms with Crippen molar-refractivity contribution in [2.24, 2.45) is 0 Å². The predicted octanol–water partition coefficient (Wildman–Crippen LogP) is 2.56. The number of hydrogen-bond acceptors (Lipinski definition) is 1. The average molecular weight is 187 g/mol. The van der Waals surface area contributed by atoms with Crippen LogP contribution in [0.25, 0.3) is 0 Å². The molecule has 0 spiro atoms. The van der Waals surface area contributed by atoms with Crippen LogP contribution in [0, 0.1) is 0 Å². The monoisotopic (exact) mass is 187 g/mol. The standard InChI is InChI=1S/C9H18NOP/c1-4-7-9-8-10(9)12(11,5-2)6-3/h4,9H,1,5-8H2,2-3H3. The molecule has 12 heavy (non-hydrogen) atoms. The van der Waals surface area contributed by atoms with Crippen LogP contribution in [-0.4, -0.2) is 29.6 Å². The molecule has 1 heterocycles. The van der Waals surface area contributed by atoms with Gasteiger partial charge in [-0.3, -0.25) is 0 Å². The SMILES string of the molecule is C=CCC1CN1P(=O)(CC)CC. The Kier molecular flexibility index (Phi) is 3.14. The van der Waals surface area contributed by atoms with E-state index in [0.29, 0.717) is 6.04 Å². The van der Waals surface area contributed by atoms with Crippen LogP contribution < -0.4 is 0 Å². The van der Waals surface area contributed by atoms with Gasteiger partial charge in [0.2, 0.25) is 0 Å². The molecule has 1 rings (SSSR count). The van der Waals surface area contributed by atoms with Crippen molar-refractivity contribution in [3.63, 3.8) is 0 Å². The highest BCUT2D eigenvalue weighted by Gasteiger charge is 2.43. The van der Waals surface area contributed by atoms with Crippen molar-refractivity contribution in [2.75, 3.05) is 18.9 Å². The van der Waals surface area contributed by atoms with Crippen molar-refractivity contribution in [3.8, 4) is 0 Å². The summed E-state index contributed by atoms with van der Waals surface area (Å²) in [7, 11) is -1.94. The highest BCUT2D eigenvalue weighted by molar-refractivity contribution is 7.61. The maximum atomic E-state index is 12.1. The molecule has 2 nitrogen and oxygen atoms in total. The minimum absolute atomic E-state index is 0.535. The Morgan fingerprint density at radius 2 is 2.17 bits per heavy atom. The van der Waals surface area contributed by atoms with Gasteiger partial charge in [-0.25, -0.2) is 4.67 Å². The molecule has 2 unspecified atom stereocenters. The van der Waals surface area contributed by atoms with E-state index in [9.17, 15) is 4.57 Å². The van der Waals surface area contributed by atoms with Gasteiger partial charge in [0.05, 0.1) is 0 Å². The van der Waals surface area contributed by atoms with E-state index in [0.717, 1.165) is 25.3 Å². The average Bonchev–Trinajstić information content (AvgIpc) is 2.84. The maximum absolute atomic E-state index is 12.1. The van der Waals surface area contributed by atoms with Crippen LogP contribution in [0.15, 0.2) is 12.7 Å². The minimum atomic E-state index is -1.94. The molecule has 0 aliphatic carbocycles. The molecule has 0 N–H and O–H groups in total. The topological polar surface area (TPSA) is 20.1 Å². The Hall–Kier alpha value is -0.0700. The molecular formula is C9H18NOP. The lowest BCUT2D eigenvalue weighted by atomic mass is 10.3. The Morgan fingerprint density at radius 1 is 1.58 bits per heavy atom. The van der Waals surface area contributed by atoms with E-state index in [1.165, 1.54) is 0 Å². The molecule has 70 valence electrons. The highest BCUT2D eigenvalue weighted by Crippen LogP contribution is 2.56. The third-order valence-electron chi connectivity index (χ3n) is 2.58. The van der Waals surface area contributed by atoms with Crippen LogP contribution in [-0.2, 0) is 4.57 Å². The van der Waals surface area contributed by atoms with Gasteiger partial charge < -0.3 is 4.57 Å². The molecule has 0 saturated carbocycles. The summed E-state index contributed by atoms with van der Waals surface area (Å²) in [6, 6.07) is 0.535. The van der Waals surface area contributed by atoms with Gasteiger partial charge in [0, 0.05) is 24.9 Å². The molecule has 1 aliphatic rings. The van der Waals surface area contributed by atoms with E-state index in [4.69, 9.17) is 0 Å². The summed E-state index contributed by atoms with van der Waals surface area (Å²) in [4.78, 5) is 0. The third-order valence-corrected chi connectivity index (χ3v) is 5.98. The number of hydrogen-bond donors (Lipinski definition) is 0. The molecule has 0 amide bonds. The van der Waals surface area contributed by atoms with Gasteiger partial charge in [-0.15, -0.1) is 6.58 Å². The van der Waals surface area contributed by atoms with Crippen LogP contribution in [0.2, 0.25) is 0 Å². The Balaban J connectivity index is 2.50. The van der Waals surface area contributed by atoms with Crippen molar-refractivity contribution in [3.05, 3.63) is 12.7 Å². The van der Waals surface area contributed by atoms with Crippen molar-refractivity contribution in [1.29, 1.82) is 0 Å². The lowest BCUT2D eigenvalue weighted by molar-refractivity contribution is 0.543. The molecule has 2 atom stereocenters. The van der Waals surface area contributed by atoms with Gasteiger partial charge in [-0.1, -0.05) is 19.9 Å². The third kappa shape index (κ3) is 1.81. The zero-order chi connectivity index (χ0) is 9.19. The first-order valence-electron chi connectivity index (χ1n) is 4.64. The fraction of sp³-hybridized carbons (Fsp3) is 0.778. The van der Waals surface area contributed by atoms with Gasteiger partial charge in [-0.05, 0) is 6.42 Å². The first-order chi connectivity index (χ1) is 5.68. The lowest BCUT2D eigenvalue weighted by Gasteiger charge is -2.15. The van der Waals surface area contributed by atoms with Crippen LogP contribution in [0.5, 0.6) is 0 Å². The van der Waals surface area contributed by atoms with E-state index in [1.54, 1.807) is 0 Å². The highest BCUT2D eigenvalue weighted by atomic mass is 31.2. The largest absolute Gasteiger partial charge is 0.307 e. The number of rotatable bonds is 5. The second-order valence-corrected chi connectivity index (χ2v) is 6.75. The summed E-state index contributed by atoms with van der Waals surface area (Å²) >= 11 is 0. The lowest BCUT2D eigenvalue weighted by Crippen LogP contribution is -2.03. The molecule has 0 aromatic carbocycles. The summed E-state index contributed by atoms with van der Waals surface area (Å²) in [5.41, 5.74) is 0. The number of nitrogens with zero attached hydrogens (tertiary/aromatic N) is 1. The summed E-state index contributed by atoms with van der Waals surface area (Å²) in [6.07, 6.45) is 4.54. The molecule has 0 aromatic heterocycles. The fourth-order valence-electron chi connectivity index (χ4n) is 1.59. The van der Waals surface area contributed by atoms with Crippen molar-refractivity contribution in [2.45, 2.75) is 26.3 Å². The summed E-state index contributed by atoms with van der Waals surface area (Å²) in [6.45, 7) is 8.75. The zero-order valence-corrected chi connectivity index (χ0v) is 8.89. The Labute approximate surface area is 75.1 Å². The fourth-order valence-corrected chi connectivity index (χ4v) is 3.94. The molecule has 1 aliphatic heterocycles. The van der Waals surface area contributed by atoms with Gasteiger partial charge in [-0.2, -0.15) is 0 Å². The Bertz CT molecular complexity index is 207. The van der Waals surface area contributed by atoms with E-state index in [1.807, 2.05) is 19.9 Å². The molecule has 0 aromatic rings. The second kappa shape index (κ2) is 3.76. The molecule has 0 bridgehead atoms. The van der Waals surface area contributed by atoms with E-state index < -0.39 is 7.29 Å². The van der Waals surface area contributed by atoms with Gasteiger partial charge in [0.25, 0.3) is 0 Å². The predicted molar refractivity (Wildman–Crippen MR) is 54.0 cm³/mol. The second-order valence-electron chi connectivity index (χ2n) is 3.28. The normalized spacial score (nSPS) is 28.5. The van der Waals surface area contributed by atoms with Crippen molar-refractivity contribution >= 4 is 7.29 Å². The van der Waals surface area contributed by atoms with Gasteiger partial charge >= 0.3 is 0 Å². The summed E-state index contributed by atoms with van der Waals surface area (Å²) in [5.74, 6) is 0. The summed E-state index contributed by atoms with van der Waals surface area (Å²) in [5, 5.41) is 0. The van der Waals surface area contributed by atoms with E-state index >= 15 is 0 Å². The summed E-state index contributed by atoms with van der Waals surface area (Å²) < 4.78 is 14.3.